The number of ether oxygens (including phenoxy) is 2. The number of hydrogen-bond acceptors (Lipinski definition) is 5. The molecule has 0 fully saturated rings. The molecule has 33 heavy (non-hydrogen) atoms. The van der Waals surface area contributed by atoms with Crippen LogP contribution < -0.4 is 4.74 Å². The van der Waals surface area contributed by atoms with Crippen molar-refractivity contribution in [3.8, 4) is 22.9 Å². The quantitative estimate of drug-likeness (QED) is 0.316. The number of hydrogen-bond donors (Lipinski definition) is 1. The van der Waals surface area contributed by atoms with Crippen LogP contribution in [0.4, 0.5) is 4.39 Å². The first-order chi connectivity index (χ1) is 15.9. The third kappa shape index (κ3) is 6.74. The molecule has 2 aromatic carbocycles. The third-order valence-electron chi connectivity index (χ3n) is 5.25. The van der Waals surface area contributed by atoms with Crippen LogP contribution in [0.2, 0.25) is 0 Å². The summed E-state index contributed by atoms with van der Waals surface area (Å²) in [5.74, 6) is 0.772. The highest BCUT2D eigenvalue weighted by Gasteiger charge is 2.24. The molecule has 3 rings (SSSR count). The zero-order valence-electron chi connectivity index (χ0n) is 19.4. The van der Waals surface area contributed by atoms with E-state index in [1.807, 2.05) is 37.4 Å². The summed E-state index contributed by atoms with van der Waals surface area (Å²) < 4.78 is 26.7. The molecule has 1 N–H and O–H groups in total. The van der Waals surface area contributed by atoms with Gasteiger partial charge in [0.15, 0.2) is 0 Å². The Morgan fingerprint density at radius 1 is 1.15 bits per heavy atom. The Bertz CT molecular complexity index is 1020. The number of nitrogens with zero attached hydrogens (tertiary/aromatic N) is 3. The lowest BCUT2D eigenvalue weighted by atomic mass is 10.1. The van der Waals surface area contributed by atoms with E-state index < -0.39 is 6.10 Å². The van der Waals surface area contributed by atoms with Crippen molar-refractivity contribution in [1.29, 1.82) is 0 Å². The van der Waals surface area contributed by atoms with E-state index in [2.05, 4.69) is 25.3 Å². The molecule has 0 unspecified atom stereocenters. The van der Waals surface area contributed by atoms with E-state index in [-0.39, 0.29) is 18.5 Å². The molecule has 1 atom stereocenters. The smallest absolute Gasteiger partial charge is 0.222 e. The highest BCUT2D eigenvalue weighted by molar-refractivity contribution is 5.65. The molecule has 176 valence electrons. The average Bonchev–Trinajstić information content (AvgIpc) is 3.10. The molecule has 1 heterocycles. The molecule has 0 aliphatic heterocycles. The molecule has 0 bridgehead atoms. The summed E-state index contributed by atoms with van der Waals surface area (Å²) in [6.07, 6.45) is 1.01. The van der Waals surface area contributed by atoms with Gasteiger partial charge in [-0.05, 0) is 38.1 Å². The lowest BCUT2D eigenvalue weighted by molar-refractivity contribution is 0.0177. The maximum atomic E-state index is 13.4. The van der Waals surface area contributed by atoms with Gasteiger partial charge in [-0.3, -0.25) is 4.90 Å². The van der Waals surface area contributed by atoms with E-state index >= 15 is 0 Å². The zero-order valence-corrected chi connectivity index (χ0v) is 19.4. The molecule has 3 aromatic rings. The molecule has 0 amide bonds. The van der Waals surface area contributed by atoms with Crippen molar-refractivity contribution in [3.63, 3.8) is 0 Å². The molecule has 6 nitrogen and oxygen atoms in total. The van der Waals surface area contributed by atoms with Crippen molar-refractivity contribution in [2.45, 2.75) is 32.5 Å². The fourth-order valence-electron chi connectivity index (χ4n) is 3.54. The minimum atomic E-state index is -0.648. The standard InChI is InChI=1S/C26H32FN3O3/c1-5-15-32-18-22(31)16-30(19(2)3)17-24-25(20-9-7-6-8-10-20)28-29(4)26(24)33-23-13-11-21(27)12-14-23/h5-14,19,22,31H,1,15-18H2,2-4H3/t22-/m1/s1. The molecule has 0 radical (unpaired) electrons. The van der Waals surface area contributed by atoms with Crippen molar-refractivity contribution in [2.75, 3.05) is 19.8 Å². The molecule has 0 spiro atoms. The SMILES string of the molecule is C=CCOC[C@H](O)CN(Cc1c(-c2ccccc2)nn(C)c1Oc1ccc(F)cc1)C(C)C. The number of aliphatic hydroxyl groups is 1. The van der Waals surface area contributed by atoms with E-state index in [1.54, 1.807) is 22.9 Å². The Labute approximate surface area is 194 Å². The van der Waals surface area contributed by atoms with E-state index in [1.165, 1.54) is 12.1 Å². The van der Waals surface area contributed by atoms with Gasteiger partial charge in [0, 0.05) is 31.7 Å². The van der Waals surface area contributed by atoms with Gasteiger partial charge in [0.25, 0.3) is 0 Å². The zero-order chi connectivity index (χ0) is 23.8. The van der Waals surface area contributed by atoms with Crippen molar-refractivity contribution in [1.82, 2.24) is 14.7 Å². The predicted molar refractivity (Wildman–Crippen MR) is 128 cm³/mol. The topological polar surface area (TPSA) is 59.8 Å². The van der Waals surface area contributed by atoms with Gasteiger partial charge in [0.2, 0.25) is 5.88 Å². The van der Waals surface area contributed by atoms with Crippen LogP contribution in [0, 0.1) is 5.82 Å². The van der Waals surface area contributed by atoms with Crippen molar-refractivity contribution < 1.29 is 19.0 Å². The maximum absolute atomic E-state index is 13.4. The molecule has 0 aliphatic rings. The molecule has 1 aromatic heterocycles. The fraction of sp³-hybridized carbons (Fsp3) is 0.346. The van der Waals surface area contributed by atoms with Crippen LogP contribution >= 0.6 is 0 Å². The van der Waals surface area contributed by atoms with Crippen LogP contribution in [0.1, 0.15) is 19.4 Å². The first-order valence-corrected chi connectivity index (χ1v) is 11.0. The first kappa shape index (κ1) is 24.6. The summed E-state index contributed by atoms with van der Waals surface area (Å²) in [6, 6.07) is 16.0. The Morgan fingerprint density at radius 2 is 1.85 bits per heavy atom. The fourth-order valence-corrected chi connectivity index (χ4v) is 3.54. The lowest BCUT2D eigenvalue weighted by Gasteiger charge is -2.29. The number of aryl methyl sites for hydroxylation is 1. The molecular weight excluding hydrogens is 421 g/mol. The summed E-state index contributed by atoms with van der Waals surface area (Å²) in [5, 5.41) is 15.2. The van der Waals surface area contributed by atoms with Crippen molar-refractivity contribution in [3.05, 3.63) is 78.6 Å². The van der Waals surface area contributed by atoms with Gasteiger partial charge in [0.05, 0.1) is 24.9 Å². The minimum absolute atomic E-state index is 0.154. The number of benzene rings is 2. The Morgan fingerprint density at radius 3 is 2.48 bits per heavy atom. The first-order valence-electron chi connectivity index (χ1n) is 11.0. The van der Waals surface area contributed by atoms with E-state index in [0.717, 1.165) is 16.8 Å². The van der Waals surface area contributed by atoms with Gasteiger partial charge in [-0.15, -0.1) is 6.58 Å². The minimum Gasteiger partial charge on any atom is -0.439 e. The van der Waals surface area contributed by atoms with Gasteiger partial charge >= 0.3 is 0 Å². The van der Waals surface area contributed by atoms with E-state index in [0.29, 0.717) is 31.3 Å². The van der Waals surface area contributed by atoms with Crippen LogP contribution in [0.25, 0.3) is 11.3 Å². The summed E-state index contributed by atoms with van der Waals surface area (Å²) in [5.41, 5.74) is 2.66. The van der Waals surface area contributed by atoms with Gasteiger partial charge in [-0.25, -0.2) is 9.07 Å². The summed E-state index contributed by atoms with van der Waals surface area (Å²) >= 11 is 0. The van der Waals surface area contributed by atoms with Gasteiger partial charge in [0.1, 0.15) is 17.3 Å². The van der Waals surface area contributed by atoms with Crippen molar-refractivity contribution in [2.24, 2.45) is 7.05 Å². The summed E-state index contributed by atoms with van der Waals surface area (Å²) in [6.45, 7) is 9.35. The average molecular weight is 454 g/mol. The number of aliphatic hydroxyl groups excluding tert-OH is 1. The van der Waals surface area contributed by atoms with Crippen LogP contribution in [0.15, 0.2) is 67.3 Å². The van der Waals surface area contributed by atoms with Gasteiger partial charge < -0.3 is 14.6 Å². The van der Waals surface area contributed by atoms with Gasteiger partial charge in [-0.2, -0.15) is 5.10 Å². The maximum Gasteiger partial charge on any atom is 0.222 e. The van der Waals surface area contributed by atoms with E-state index in [9.17, 15) is 9.50 Å². The number of halogens is 1. The molecular formula is C26H32FN3O3. The van der Waals surface area contributed by atoms with Crippen molar-refractivity contribution >= 4 is 0 Å². The largest absolute Gasteiger partial charge is 0.439 e. The summed E-state index contributed by atoms with van der Waals surface area (Å²) in [4.78, 5) is 2.16. The van der Waals surface area contributed by atoms with Crippen LogP contribution in [0.3, 0.4) is 0 Å². The molecule has 7 heteroatoms. The highest BCUT2D eigenvalue weighted by Crippen LogP contribution is 2.34. The van der Waals surface area contributed by atoms with Crippen LogP contribution in [0.5, 0.6) is 11.6 Å². The monoisotopic (exact) mass is 453 g/mol. The Kier molecular flexibility index (Phi) is 8.77. The second-order valence-corrected chi connectivity index (χ2v) is 8.18. The number of rotatable bonds is 12. The highest BCUT2D eigenvalue weighted by atomic mass is 19.1. The molecule has 0 saturated heterocycles. The Hall–Kier alpha value is -3.00. The van der Waals surface area contributed by atoms with Crippen LogP contribution in [-0.4, -0.2) is 51.7 Å². The second kappa shape index (κ2) is 11.7. The lowest BCUT2D eigenvalue weighted by Crippen LogP contribution is -2.39. The van der Waals surface area contributed by atoms with Crippen LogP contribution in [-0.2, 0) is 18.3 Å². The third-order valence-corrected chi connectivity index (χ3v) is 5.25. The summed E-state index contributed by atoms with van der Waals surface area (Å²) in [7, 11) is 1.83. The predicted octanol–water partition coefficient (Wildman–Crippen LogP) is 4.79. The second-order valence-electron chi connectivity index (χ2n) is 8.18. The molecule has 0 aliphatic carbocycles. The van der Waals surface area contributed by atoms with E-state index in [4.69, 9.17) is 14.6 Å². The Balaban J connectivity index is 1.93. The normalized spacial score (nSPS) is 12.3. The number of aromatic nitrogens is 2. The molecule has 0 saturated carbocycles. The van der Waals surface area contributed by atoms with Gasteiger partial charge in [-0.1, -0.05) is 36.4 Å².